The summed E-state index contributed by atoms with van der Waals surface area (Å²) in [5.74, 6) is 1.19. The van der Waals surface area contributed by atoms with Crippen molar-refractivity contribution in [1.29, 1.82) is 0 Å². The second-order valence-electron chi connectivity index (χ2n) is 6.77. The van der Waals surface area contributed by atoms with Crippen LogP contribution in [0, 0.1) is 0 Å². The summed E-state index contributed by atoms with van der Waals surface area (Å²) >= 11 is 0. The van der Waals surface area contributed by atoms with Gasteiger partial charge in [-0.3, -0.25) is 9.48 Å². The van der Waals surface area contributed by atoms with Crippen molar-refractivity contribution in [2.45, 2.75) is 26.1 Å². The van der Waals surface area contributed by atoms with Gasteiger partial charge in [-0.05, 0) is 31.2 Å². The molecule has 8 nitrogen and oxygen atoms in total. The molecule has 0 spiro atoms. The highest BCUT2D eigenvalue weighted by Crippen LogP contribution is 2.24. The molecule has 1 amide bonds. The number of aromatic nitrogens is 4. The maximum atomic E-state index is 12.9. The quantitative estimate of drug-likeness (QED) is 0.728. The number of amides is 1. The van der Waals surface area contributed by atoms with Gasteiger partial charge in [0.25, 0.3) is 5.91 Å². The molecular formula is C20H23N5O3. The topological polar surface area (TPSA) is 85.4 Å². The van der Waals surface area contributed by atoms with Crippen LogP contribution in [0.25, 0.3) is 0 Å². The fourth-order valence-electron chi connectivity index (χ4n) is 3.44. The van der Waals surface area contributed by atoms with E-state index in [9.17, 15) is 9.90 Å². The summed E-state index contributed by atoms with van der Waals surface area (Å²) in [7, 11) is 1.83. The van der Waals surface area contributed by atoms with Crippen molar-refractivity contribution >= 4 is 5.91 Å². The van der Waals surface area contributed by atoms with Crippen molar-refractivity contribution in [3.8, 4) is 5.75 Å². The SMILES string of the molecule is CCOc1cccc(C(=O)N2CCn3nc(C(O)c4nccn4C)cc3C2)c1. The number of hydrogen-bond donors (Lipinski definition) is 1. The van der Waals surface area contributed by atoms with Gasteiger partial charge < -0.3 is 19.3 Å². The standard InChI is InChI=1S/C20H23N5O3/c1-3-28-16-6-4-5-14(11-16)20(27)24-9-10-25-15(13-24)12-17(22-25)18(26)19-21-7-8-23(19)2/h4-8,11-12,18,26H,3,9-10,13H2,1-2H3. The van der Waals surface area contributed by atoms with E-state index < -0.39 is 6.10 Å². The molecule has 8 heteroatoms. The van der Waals surface area contributed by atoms with Gasteiger partial charge >= 0.3 is 0 Å². The maximum Gasteiger partial charge on any atom is 0.254 e. The van der Waals surface area contributed by atoms with Gasteiger partial charge in [0.1, 0.15) is 11.6 Å². The third-order valence-corrected chi connectivity index (χ3v) is 4.88. The van der Waals surface area contributed by atoms with Crippen LogP contribution in [0.5, 0.6) is 5.75 Å². The van der Waals surface area contributed by atoms with Gasteiger partial charge in [-0.15, -0.1) is 0 Å². The molecule has 0 radical (unpaired) electrons. The predicted molar refractivity (Wildman–Crippen MR) is 102 cm³/mol. The highest BCUT2D eigenvalue weighted by Gasteiger charge is 2.26. The van der Waals surface area contributed by atoms with Crippen molar-refractivity contribution in [2.24, 2.45) is 7.05 Å². The molecule has 146 valence electrons. The third kappa shape index (κ3) is 3.38. The van der Waals surface area contributed by atoms with Crippen molar-refractivity contribution in [2.75, 3.05) is 13.2 Å². The molecule has 0 saturated heterocycles. The van der Waals surface area contributed by atoms with Gasteiger partial charge in [0, 0.05) is 31.5 Å². The van der Waals surface area contributed by atoms with Crippen LogP contribution in [0.2, 0.25) is 0 Å². The number of ether oxygens (including phenoxy) is 1. The molecule has 3 heterocycles. The summed E-state index contributed by atoms with van der Waals surface area (Å²) in [6.45, 7) is 4.06. The molecule has 4 rings (SSSR count). The van der Waals surface area contributed by atoms with E-state index in [1.165, 1.54) is 0 Å². The minimum absolute atomic E-state index is 0.0415. The molecule has 0 bridgehead atoms. The molecule has 0 fully saturated rings. The Labute approximate surface area is 163 Å². The summed E-state index contributed by atoms with van der Waals surface area (Å²) in [4.78, 5) is 18.9. The summed E-state index contributed by atoms with van der Waals surface area (Å²) < 4.78 is 9.11. The maximum absolute atomic E-state index is 12.9. The molecular weight excluding hydrogens is 358 g/mol. The van der Waals surface area contributed by atoms with E-state index in [0.717, 1.165) is 5.69 Å². The van der Waals surface area contributed by atoms with Crippen LogP contribution in [-0.2, 0) is 20.1 Å². The number of carbonyl (C=O) groups is 1. The molecule has 1 N–H and O–H groups in total. The van der Waals surface area contributed by atoms with Crippen LogP contribution in [-0.4, -0.2) is 48.4 Å². The number of benzene rings is 1. The first-order valence-electron chi connectivity index (χ1n) is 9.31. The Morgan fingerprint density at radius 1 is 1.32 bits per heavy atom. The lowest BCUT2D eigenvalue weighted by atomic mass is 10.1. The summed E-state index contributed by atoms with van der Waals surface area (Å²) in [5.41, 5.74) is 2.04. The molecule has 3 aromatic rings. The van der Waals surface area contributed by atoms with E-state index in [0.29, 0.717) is 49.1 Å². The number of fused-ring (bicyclic) bond motifs is 1. The molecule has 0 saturated carbocycles. The van der Waals surface area contributed by atoms with Crippen LogP contribution < -0.4 is 4.74 Å². The molecule has 1 atom stereocenters. The zero-order chi connectivity index (χ0) is 19.7. The van der Waals surface area contributed by atoms with Crippen molar-refractivity contribution in [3.05, 3.63) is 65.5 Å². The van der Waals surface area contributed by atoms with Gasteiger partial charge in [-0.1, -0.05) is 6.07 Å². The Balaban J connectivity index is 1.52. The molecule has 2 aromatic heterocycles. The van der Waals surface area contributed by atoms with Gasteiger partial charge in [0.2, 0.25) is 0 Å². The van der Waals surface area contributed by atoms with Crippen LogP contribution in [0.15, 0.2) is 42.7 Å². The van der Waals surface area contributed by atoms with E-state index in [-0.39, 0.29) is 5.91 Å². The Kier molecular flexibility index (Phi) is 4.87. The number of nitrogens with zero attached hydrogens (tertiary/aromatic N) is 5. The highest BCUT2D eigenvalue weighted by molar-refractivity contribution is 5.94. The first-order chi connectivity index (χ1) is 13.6. The summed E-state index contributed by atoms with van der Waals surface area (Å²) in [6, 6.07) is 9.08. The molecule has 1 unspecified atom stereocenters. The van der Waals surface area contributed by atoms with Gasteiger partial charge in [-0.25, -0.2) is 4.98 Å². The predicted octanol–water partition coefficient (Wildman–Crippen LogP) is 1.75. The zero-order valence-corrected chi connectivity index (χ0v) is 15.9. The van der Waals surface area contributed by atoms with Gasteiger partial charge in [-0.2, -0.15) is 5.10 Å². The number of aliphatic hydroxyl groups excluding tert-OH is 1. The number of carbonyl (C=O) groups excluding carboxylic acids is 1. The summed E-state index contributed by atoms with van der Waals surface area (Å²) in [5, 5.41) is 15.1. The highest BCUT2D eigenvalue weighted by atomic mass is 16.5. The van der Waals surface area contributed by atoms with E-state index in [4.69, 9.17) is 4.74 Å². The molecule has 28 heavy (non-hydrogen) atoms. The second-order valence-corrected chi connectivity index (χ2v) is 6.77. The first-order valence-corrected chi connectivity index (χ1v) is 9.31. The minimum Gasteiger partial charge on any atom is -0.494 e. The molecule has 0 aliphatic carbocycles. The molecule has 1 aromatic carbocycles. The van der Waals surface area contributed by atoms with E-state index >= 15 is 0 Å². The minimum atomic E-state index is -0.898. The van der Waals surface area contributed by atoms with Crippen LogP contribution in [0.1, 0.15) is 40.6 Å². The Hall–Kier alpha value is -3.13. The lowest BCUT2D eigenvalue weighted by Gasteiger charge is -2.27. The fraction of sp³-hybridized carbons (Fsp3) is 0.350. The number of imidazole rings is 1. The average molecular weight is 381 g/mol. The number of aliphatic hydroxyl groups is 1. The Morgan fingerprint density at radius 2 is 2.18 bits per heavy atom. The first kappa shape index (κ1) is 18.2. The monoisotopic (exact) mass is 381 g/mol. The van der Waals surface area contributed by atoms with Crippen molar-refractivity contribution in [3.63, 3.8) is 0 Å². The number of hydrogen-bond acceptors (Lipinski definition) is 5. The molecule has 1 aliphatic rings. The third-order valence-electron chi connectivity index (χ3n) is 4.88. The number of aryl methyl sites for hydroxylation is 1. The van der Waals surface area contributed by atoms with Gasteiger partial charge in [0.05, 0.1) is 31.1 Å². The van der Waals surface area contributed by atoms with Crippen LogP contribution >= 0.6 is 0 Å². The van der Waals surface area contributed by atoms with E-state index in [1.54, 1.807) is 34.0 Å². The second kappa shape index (κ2) is 7.47. The summed E-state index contributed by atoms with van der Waals surface area (Å²) in [6.07, 6.45) is 2.53. The molecule has 1 aliphatic heterocycles. The smallest absolute Gasteiger partial charge is 0.254 e. The normalized spacial score (nSPS) is 14.6. The number of rotatable bonds is 5. The van der Waals surface area contributed by atoms with Gasteiger partial charge in [0.15, 0.2) is 6.10 Å². The Bertz CT molecular complexity index is 993. The van der Waals surface area contributed by atoms with E-state index in [2.05, 4.69) is 10.1 Å². The lowest BCUT2D eigenvalue weighted by Crippen LogP contribution is -2.38. The largest absolute Gasteiger partial charge is 0.494 e. The zero-order valence-electron chi connectivity index (χ0n) is 15.9. The fourth-order valence-corrected chi connectivity index (χ4v) is 3.44. The van der Waals surface area contributed by atoms with Crippen LogP contribution in [0.3, 0.4) is 0 Å². The Morgan fingerprint density at radius 3 is 2.93 bits per heavy atom. The average Bonchev–Trinajstić information content (AvgIpc) is 3.32. The van der Waals surface area contributed by atoms with Crippen molar-refractivity contribution in [1.82, 2.24) is 24.2 Å². The van der Waals surface area contributed by atoms with E-state index in [1.807, 2.05) is 36.9 Å². The lowest BCUT2D eigenvalue weighted by molar-refractivity contribution is 0.0705. The van der Waals surface area contributed by atoms with Crippen molar-refractivity contribution < 1.29 is 14.6 Å². The van der Waals surface area contributed by atoms with Crippen LogP contribution in [0.4, 0.5) is 0 Å².